The third-order valence-corrected chi connectivity index (χ3v) is 2.99. The molecule has 0 spiro atoms. The average molecular weight is 198 g/mol. The van der Waals surface area contributed by atoms with Crippen LogP contribution in [-0.2, 0) is 4.79 Å². The summed E-state index contributed by atoms with van der Waals surface area (Å²) in [6, 6.07) is 0.0524. The largest absolute Gasteiger partial charge is 0.338 e. The standard InChI is InChI=1S/C11H22N2O/c1-8(2)10-6-4-5-7-13(10)11(14)9(3)12/h8-10H,4-7,12H2,1-3H3/t9-,10?/m0/s1. The Balaban J connectivity index is 2.67. The molecule has 1 rings (SSSR count). The Labute approximate surface area is 86.6 Å². The van der Waals surface area contributed by atoms with Crippen molar-refractivity contribution < 1.29 is 4.79 Å². The van der Waals surface area contributed by atoms with E-state index in [9.17, 15) is 4.79 Å². The topological polar surface area (TPSA) is 46.3 Å². The lowest BCUT2D eigenvalue weighted by atomic mass is 9.92. The number of carbonyl (C=O) groups is 1. The van der Waals surface area contributed by atoms with E-state index in [0.717, 1.165) is 19.4 Å². The molecule has 82 valence electrons. The zero-order chi connectivity index (χ0) is 10.7. The molecule has 0 bridgehead atoms. The molecule has 1 aliphatic rings. The third kappa shape index (κ3) is 2.47. The monoisotopic (exact) mass is 198 g/mol. The zero-order valence-corrected chi connectivity index (χ0v) is 9.49. The quantitative estimate of drug-likeness (QED) is 0.728. The van der Waals surface area contributed by atoms with Crippen molar-refractivity contribution in [2.75, 3.05) is 6.54 Å². The predicted molar refractivity (Wildman–Crippen MR) is 57.8 cm³/mol. The van der Waals surface area contributed by atoms with Crippen molar-refractivity contribution in [3.63, 3.8) is 0 Å². The Morgan fingerprint density at radius 3 is 2.50 bits per heavy atom. The summed E-state index contributed by atoms with van der Waals surface area (Å²) < 4.78 is 0. The first-order valence-corrected chi connectivity index (χ1v) is 5.60. The van der Waals surface area contributed by atoms with Crippen molar-refractivity contribution in [3.05, 3.63) is 0 Å². The number of amides is 1. The fourth-order valence-corrected chi connectivity index (χ4v) is 2.19. The van der Waals surface area contributed by atoms with Gasteiger partial charge in [0.05, 0.1) is 6.04 Å². The summed E-state index contributed by atoms with van der Waals surface area (Å²) in [6.07, 6.45) is 3.50. The van der Waals surface area contributed by atoms with Crippen LogP contribution in [0, 0.1) is 5.92 Å². The van der Waals surface area contributed by atoms with Gasteiger partial charge < -0.3 is 10.6 Å². The maximum atomic E-state index is 11.8. The van der Waals surface area contributed by atoms with Gasteiger partial charge in [-0.25, -0.2) is 0 Å². The molecular weight excluding hydrogens is 176 g/mol. The summed E-state index contributed by atoms with van der Waals surface area (Å²) in [5, 5.41) is 0. The highest BCUT2D eigenvalue weighted by atomic mass is 16.2. The van der Waals surface area contributed by atoms with Gasteiger partial charge in [-0.15, -0.1) is 0 Å². The van der Waals surface area contributed by atoms with Crippen LogP contribution in [0.3, 0.4) is 0 Å². The molecular formula is C11H22N2O. The molecule has 0 aromatic rings. The molecule has 0 saturated carbocycles. The lowest BCUT2D eigenvalue weighted by Gasteiger charge is -2.39. The second-order valence-corrected chi connectivity index (χ2v) is 4.63. The van der Waals surface area contributed by atoms with Gasteiger partial charge in [-0.05, 0) is 32.1 Å². The maximum Gasteiger partial charge on any atom is 0.239 e. The van der Waals surface area contributed by atoms with Crippen LogP contribution < -0.4 is 5.73 Å². The second kappa shape index (κ2) is 4.78. The highest BCUT2D eigenvalue weighted by Crippen LogP contribution is 2.23. The highest BCUT2D eigenvalue weighted by Gasteiger charge is 2.29. The number of nitrogens with two attached hydrogens (primary N) is 1. The molecule has 3 nitrogen and oxygen atoms in total. The molecule has 1 amide bonds. The Bertz CT molecular complexity index is 201. The molecule has 0 aromatic heterocycles. The summed E-state index contributed by atoms with van der Waals surface area (Å²) in [6.45, 7) is 7.02. The van der Waals surface area contributed by atoms with Crippen LogP contribution in [0.15, 0.2) is 0 Å². The maximum absolute atomic E-state index is 11.8. The van der Waals surface area contributed by atoms with E-state index >= 15 is 0 Å². The second-order valence-electron chi connectivity index (χ2n) is 4.63. The van der Waals surface area contributed by atoms with Crippen LogP contribution in [0.2, 0.25) is 0 Å². The van der Waals surface area contributed by atoms with Gasteiger partial charge in [-0.3, -0.25) is 4.79 Å². The number of rotatable bonds is 2. The average Bonchev–Trinajstić information content (AvgIpc) is 2.16. The molecule has 1 heterocycles. The Morgan fingerprint density at radius 2 is 2.00 bits per heavy atom. The Morgan fingerprint density at radius 1 is 1.36 bits per heavy atom. The summed E-state index contributed by atoms with van der Waals surface area (Å²) in [7, 11) is 0. The minimum Gasteiger partial charge on any atom is -0.338 e. The molecule has 1 unspecified atom stereocenters. The van der Waals surface area contributed by atoms with E-state index in [-0.39, 0.29) is 11.9 Å². The van der Waals surface area contributed by atoms with Gasteiger partial charge in [0, 0.05) is 12.6 Å². The van der Waals surface area contributed by atoms with Crippen molar-refractivity contribution in [2.24, 2.45) is 11.7 Å². The van der Waals surface area contributed by atoms with E-state index in [1.807, 2.05) is 4.90 Å². The molecule has 2 atom stereocenters. The van der Waals surface area contributed by atoms with Gasteiger partial charge in [0.2, 0.25) is 5.91 Å². The van der Waals surface area contributed by atoms with Gasteiger partial charge in [-0.2, -0.15) is 0 Å². The molecule has 0 radical (unpaired) electrons. The molecule has 1 aliphatic heterocycles. The number of nitrogens with zero attached hydrogens (tertiary/aromatic N) is 1. The van der Waals surface area contributed by atoms with E-state index in [2.05, 4.69) is 13.8 Å². The summed E-state index contributed by atoms with van der Waals surface area (Å²) in [5.74, 6) is 0.654. The Kier molecular flexibility index (Phi) is 3.93. The van der Waals surface area contributed by atoms with E-state index in [4.69, 9.17) is 5.73 Å². The van der Waals surface area contributed by atoms with Crippen LogP contribution in [0.4, 0.5) is 0 Å². The number of hydrogen-bond donors (Lipinski definition) is 1. The van der Waals surface area contributed by atoms with E-state index in [1.165, 1.54) is 6.42 Å². The van der Waals surface area contributed by atoms with Gasteiger partial charge in [0.25, 0.3) is 0 Å². The minimum absolute atomic E-state index is 0.114. The van der Waals surface area contributed by atoms with Crippen molar-refractivity contribution in [1.82, 2.24) is 4.90 Å². The molecule has 1 fully saturated rings. The predicted octanol–water partition coefficient (Wildman–Crippen LogP) is 1.37. The molecule has 3 heteroatoms. The highest BCUT2D eigenvalue weighted by molar-refractivity contribution is 5.81. The first kappa shape index (κ1) is 11.5. The SMILES string of the molecule is CC(C)C1CCCCN1C(=O)[C@H](C)N. The van der Waals surface area contributed by atoms with E-state index in [1.54, 1.807) is 6.92 Å². The number of likely N-dealkylation sites (tertiary alicyclic amines) is 1. The lowest BCUT2D eigenvalue weighted by molar-refractivity contribution is -0.137. The fraction of sp³-hybridized carbons (Fsp3) is 0.909. The number of piperidine rings is 1. The zero-order valence-electron chi connectivity index (χ0n) is 9.49. The minimum atomic E-state index is -0.352. The lowest BCUT2D eigenvalue weighted by Crippen LogP contribution is -2.51. The summed E-state index contributed by atoms with van der Waals surface area (Å²) in [5.41, 5.74) is 5.64. The van der Waals surface area contributed by atoms with Crippen LogP contribution in [0.1, 0.15) is 40.0 Å². The van der Waals surface area contributed by atoms with Crippen molar-refractivity contribution >= 4 is 5.91 Å². The van der Waals surface area contributed by atoms with Crippen molar-refractivity contribution in [2.45, 2.75) is 52.1 Å². The third-order valence-electron chi connectivity index (χ3n) is 2.99. The Hall–Kier alpha value is -0.570. The summed E-state index contributed by atoms with van der Waals surface area (Å²) >= 11 is 0. The van der Waals surface area contributed by atoms with Crippen LogP contribution >= 0.6 is 0 Å². The first-order valence-electron chi connectivity index (χ1n) is 5.60. The van der Waals surface area contributed by atoms with Gasteiger partial charge in [-0.1, -0.05) is 13.8 Å². The van der Waals surface area contributed by atoms with Gasteiger partial charge >= 0.3 is 0 Å². The molecule has 0 aromatic carbocycles. The number of hydrogen-bond acceptors (Lipinski definition) is 2. The molecule has 1 saturated heterocycles. The number of carbonyl (C=O) groups excluding carboxylic acids is 1. The van der Waals surface area contributed by atoms with Gasteiger partial charge in [0.15, 0.2) is 0 Å². The smallest absolute Gasteiger partial charge is 0.239 e. The van der Waals surface area contributed by atoms with Crippen LogP contribution in [0.5, 0.6) is 0 Å². The first-order chi connectivity index (χ1) is 6.54. The van der Waals surface area contributed by atoms with Gasteiger partial charge in [0.1, 0.15) is 0 Å². The molecule has 14 heavy (non-hydrogen) atoms. The van der Waals surface area contributed by atoms with Crippen molar-refractivity contribution in [3.8, 4) is 0 Å². The van der Waals surface area contributed by atoms with Crippen LogP contribution in [-0.4, -0.2) is 29.4 Å². The summed E-state index contributed by atoms with van der Waals surface area (Å²) in [4.78, 5) is 13.8. The van der Waals surface area contributed by atoms with E-state index in [0.29, 0.717) is 12.0 Å². The van der Waals surface area contributed by atoms with Crippen LogP contribution in [0.25, 0.3) is 0 Å². The van der Waals surface area contributed by atoms with Crippen molar-refractivity contribution in [1.29, 1.82) is 0 Å². The molecule has 2 N–H and O–H groups in total. The van der Waals surface area contributed by atoms with E-state index < -0.39 is 0 Å². The molecule has 0 aliphatic carbocycles. The normalized spacial score (nSPS) is 25.2. The fourth-order valence-electron chi connectivity index (χ4n) is 2.19.